The van der Waals surface area contributed by atoms with Crippen molar-refractivity contribution < 1.29 is 23.1 Å². The van der Waals surface area contributed by atoms with Gasteiger partial charge in [0.25, 0.3) is 0 Å². The Morgan fingerprint density at radius 3 is 2.60 bits per heavy atom. The number of fused-ring (bicyclic) bond motifs is 3. The number of benzene rings is 2. The molecule has 0 saturated carbocycles. The molecule has 30 heavy (non-hydrogen) atoms. The highest BCUT2D eigenvalue weighted by atomic mass is 32.2. The Morgan fingerprint density at radius 1 is 1.23 bits per heavy atom. The lowest BCUT2D eigenvalue weighted by molar-refractivity contribution is -0.142. The van der Waals surface area contributed by atoms with Gasteiger partial charge in [-0.25, -0.2) is 8.42 Å². The maximum atomic E-state index is 11.6. The van der Waals surface area contributed by atoms with E-state index in [1.54, 1.807) is 24.3 Å². The topological polar surface area (TPSA) is 96.5 Å². The van der Waals surface area contributed by atoms with Gasteiger partial charge in [-0.2, -0.15) is 0 Å². The van der Waals surface area contributed by atoms with Crippen molar-refractivity contribution in [3.05, 3.63) is 59.3 Å². The van der Waals surface area contributed by atoms with Gasteiger partial charge in [-0.15, -0.1) is 0 Å². The summed E-state index contributed by atoms with van der Waals surface area (Å²) in [5.74, 6) is -0.359. The summed E-state index contributed by atoms with van der Waals surface area (Å²) in [5.41, 5.74) is 4.12. The first-order chi connectivity index (χ1) is 14.3. The third kappa shape index (κ3) is 3.81. The van der Waals surface area contributed by atoms with Crippen molar-refractivity contribution in [2.45, 2.75) is 43.6 Å². The van der Waals surface area contributed by atoms with Gasteiger partial charge in [0, 0.05) is 28.8 Å². The molecule has 4 rings (SSSR count). The molecule has 0 aliphatic heterocycles. The van der Waals surface area contributed by atoms with Gasteiger partial charge in [-0.3, -0.25) is 4.79 Å². The Labute approximate surface area is 175 Å². The number of carboxylic acid groups (broad SMARTS) is 1. The number of rotatable bonds is 7. The number of ether oxygens (including phenoxy) is 1. The Morgan fingerprint density at radius 2 is 1.97 bits per heavy atom. The number of H-pyrrole nitrogens is 1. The molecule has 1 aliphatic carbocycles. The highest BCUT2D eigenvalue weighted by Crippen LogP contribution is 2.43. The van der Waals surface area contributed by atoms with Gasteiger partial charge in [0.15, 0.2) is 9.84 Å². The third-order valence-corrected chi connectivity index (χ3v) is 7.11. The number of sulfone groups is 1. The molecule has 0 bridgehead atoms. The molecule has 1 heterocycles. The van der Waals surface area contributed by atoms with E-state index >= 15 is 0 Å². The minimum absolute atomic E-state index is 0.0210. The second-order valence-corrected chi connectivity index (χ2v) is 9.94. The fourth-order valence-electron chi connectivity index (χ4n) is 4.40. The van der Waals surface area contributed by atoms with Crippen LogP contribution in [-0.2, 0) is 27.7 Å². The van der Waals surface area contributed by atoms with Crippen LogP contribution in [-0.4, -0.2) is 30.7 Å². The average molecular weight is 428 g/mol. The number of aromatic amines is 1. The molecule has 0 saturated heterocycles. The molecule has 6 nitrogen and oxygen atoms in total. The second kappa shape index (κ2) is 7.80. The van der Waals surface area contributed by atoms with Crippen LogP contribution < -0.4 is 4.74 Å². The van der Waals surface area contributed by atoms with E-state index in [0.717, 1.165) is 40.8 Å². The third-order valence-electron chi connectivity index (χ3n) is 5.99. The summed E-state index contributed by atoms with van der Waals surface area (Å²) in [6.07, 6.45) is 3.51. The Hall–Kier alpha value is -2.80. The van der Waals surface area contributed by atoms with Crippen molar-refractivity contribution in [3.63, 3.8) is 0 Å². The van der Waals surface area contributed by atoms with Crippen LogP contribution in [0.25, 0.3) is 10.9 Å². The zero-order chi connectivity index (χ0) is 21.5. The highest BCUT2D eigenvalue weighted by Gasteiger charge is 2.35. The van der Waals surface area contributed by atoms with Gasteiger partial charge >= 0.3 is 5.97 Å². The normalized spacial score (nSPS) is 17.1. The van der Waals surface area contributed by atoms with Crippen LogP contribution in [0.3, 0.4) is 0 Å². The monoisotopic (exact) mass is 427 g/mol. The number of carbonyl (C=O) groups is 1. The molecule has 1 aromatic heterocycles. The number of carboxylic acids is 1. The zero-order valence-electron chi connectivity index (χ0n) is 17.0. The SMILES string of the molecule is CCC(C(=O)O)C1CCc2c1[nH]c1ccc(OCc3ccc(S(C)(=O)=O)cc3)cc21. The van der Waals surface area contributed by atoms with E-state index in [1.807, 2.05) is 25.1 Å². The summed E-state index contributed by atoms with van der Waals surface area (Å²) in [6.45, 7) is 2.26. The van der Waals surface area contributed by atoms with Gasteiger partial charge in [0.05, 0.1) is 10.8 Å². The van der Waals surface area contributed by atoms with Crippen molar-refractivity contribution in [3.8, 4) is 5.75 Å². The average Bonchev–Trinajstić information content (AvgIpc) is 3.26. The van der Waals surface area contributed by atoms with Crippen LogP contribution in [0.1, 0.15) is 42.5 Å². The standard InChI is InChI=1S/C23H25NO5S/c1-3-17(23(25)26)18-9-10-19-20-12-15(6-11-21(20)24-22(18)19)29-13-14-4-7-16(8-5-14)30(2,27)28/h4-8,11-12,17-18,24H,3,9-10,13H2,1-2H3,(H,25,26). The lowest BCUT2D eigenvalue weighted by Gasteiger charge is -2.17. The highest BCUT2D eigenvalue weighted by molar-refractivity contribution is 7.90. The van der Waals surface area contributed by atoms with Gasteiger partial charge < -0.3 is 14.8 Å². The van der Waals surface area contributed by atoms with Gasteiger partial charge in [0.2, 0.25) is 0 Å². The maximum absolute atomic E-state index is 11.6. The number of aryl methyl sites for hydroxylation is 1. The minimum Gasteiger partial charge on any atom is -0.489 e. The molecule has 158 valence electrons. The molecule has 0 amide bonds. The van der Waals surface area contributed by atoms with Gasteiger partial charge in [-0.1, -0.05) is 19.1 Å². The van der Waals surface area contributed by atoms with Crippen molar-refractivity contribution in [1.29, 1.82) is 0 Å². The minimum atomic E-state index is -3.21. The largest absolute Gasteiger partial charge is 0.489 e. The first-order valence-electron chi connectivity index (χ1n) is 10.1. The number of hydrogen-bond acceptors (Lipinski definition) is 4. The van der Waals surface area contributed by atoms with Crippen molar-refractivity contribution in [2.24, 2.45) is 5.92 Å². The predicted octanol–water partition coefficient (Wildman–Crippen LogP) is 4.29. The summed E-state index contributed by atoms with van der Waals surface area (Å²) in [7, 11) is -3.21. The summed E-state index contributed by atoms with van der Waals surface area (Å²) in [5, 5.41) is 10.6. The van der Waals surface area contributed by atoms with E-state index in [-0.39, 0.29) is 16.7 Å². The van der Waals surface area contributed by atoms with E-state index in [0.29, 0.717) is 13.0 Å². The Kier molecular flexibility index (Phi) is 5.32. The molecule has 0 fully saturated rings. The lowest BCUT2D eigenvalue weighted by Crippen LogP contribution is -2.20. The number of aliphatic carboxylic acids is 1. The Bertz CT molecular complexity index is 1190. The van der Waals surface area contributed by atoms with Gasteiger partial charge in [-0.05, 0) is 60.7 Å². The molecule has 7 heteroatoms. The molecule has 2 unspecified atom stereocenters. The summed E-state index contributed by atoms with van der Waals surface area (Å²) < 4.78 is 29.1. The van der Waals surface area contributed by atoms with E-state index in [9.17, 15) is 18.3 Å². The second-order valence-electron chi connectivity index (χ2n) is 7.93. The quantitative estimate of drug-likeness (QED) is 0.586. The first kappa shape index (κ1) is 20.5. The number of nitrogens with one attached hydrogen (secondary N) is 1. The van der Waals surface area contributed by atoms with Crippen LogP contribution in [0.15, 0.2) is 47.4 Å². The maximum Gasteiger partial charge on any atom is 0.307 e. The Balaban J connectivity index is 1.54. The molecule has 2 N–H and O–H groups in total. The van der Waals surface area contributed by atoms with E-state index < -0.39 is 15.8 Å². The molecule has 0 radical (unpaired) electrons. The summed E-state index contributed by atoms with van der Waals surface area (Å²) >= 11 is 0. The lowest BCUT2D eigenvalue weighted by atomic mass is 9.88. The van der Waals surface area contributed by atoms with Crippen LogP contribution in [0.5, 0.6) is 5.75 Å². The van der Waals surface area contributed by atoms with Crippen molar-refractivity contribution >= 4 is 26.7 Å². The molecule has 1 aliphatic rings. The van der Waals surface area contributed by atoms with Gasteiger partial charge in [0.1, 0.15) is 12.4 Å². The van der Waals surface area contributed by atoms with E-state index in [4.69, 9.17) is 4.74 Å². The van der Waals surface area contributed by atoms with Crippen molar-refractivity contribution in [1.82, 2.24) is 4.98 Å². The molecule has 3 aromatic rings. The summed E-state index contributed by atoms with van der Waals surface area (Å²) in [6, 6.07) is 12.5. The van der Waals surface area contributed by atoms with Crippen LogP contribution in [0, 0.1) is 5.92 Å². The zero-order valence-corrected chi connectivity index (χ0v) is 17.8. The van der Waals surface area contributed by atoms with E-state index in [2.05, 4.69) is 4.98 Å². The van der Waals surface area contributed by atoms with Crippen molar-refractivity contribution in [2.75, 3.05) is 6.26 Å². The molecular weight excluding hydrogens is 402 g/mol. The summed E-state index contributed by atoms with van der Waals surface area (Å²) in [4.78, 5) is 15.4. The van der Waals surface area contributed by atoms with Crippen LogP contribution in [0.4, 0.5) is 0 Å². The number of aromatic nitrogens is 1. The number of hydrogen-bond donors (Lipinski definition) is 2. The fourth-order valence-corrected chi connectivity index (χ4v) is 5.03. The molecule has 2 atom stereocenters. The molecule has 2 aromatic carbocycles. The van der Waals surface area contributed by atoms with E-state index in [1.165, 1.54) is 11.8 Å². The fraction of sp³-hybridized carbons (Fsp3) is 0.348. The molecule has 0 spiro atoms. The first-order valence-corrected chi connectivity index (χ1v) is 12.0. The molecular formula is C23H25NO5S. The smallest absolute Gasteiger partial charge is 0.307 e. The van der Waals surface area contributed by atoms with Crippen LogP contribution in [0.2, 0.25) is 0 Å². The van der Waals surface area contributed by atoms with Crippen LogP contribution >= 0.6 is 0 Å². The predicted molar refractivity (Wildman–Crippen MR) is 115 cm³/mol.